The predicted octanol–water partition coefficient (Wildman–Crippen LogP) is 4.72. The summed E-state index contributed by atoms with van der Waals surface area (Å²) < 4.78 is 22.5. The predicted molar refractivity (Wildman–Crippen MR) is 108 cm³/mol. The van der Waals surface area contributed by atoms with Crippen LogP contribution in [0.2, 0.25) is 0 Å². The second-order valence-corrected chi connectivity index (χ2v) is 7.83. The third-order valence-corrected chi connectivity index (χ3v) is 4.64. The van der Waals surface area contributed by atoms with Crippen LogP contribution in [0.25, 0.3) is 11.1 Å². The summed E-state index contributed by atoms with van der Waals surface area (Å²) in [6.45, 7) is 6.49. The summed E-state index contributed by atoms with van der Waals surface area (Å²) in [7, 11) is 3.00. The Kier molecular flexibility index (Phi) is 5.94. The summed E-state index contributed by atoms with van der Waals surface area (Å²) >= 11 is 0. The Bertz CT molecular complexity index is 851. The van der Waals surface area contributed by atoms with Crippen molar-refractivity contribution in [2.75, 3.05) is 20.8 Å². The lowest BCUT2D eigenvalue weighted by Crippen LogP contribution is -2.28. The molecule has 1 aliphatic rings. The van der Waals surface area contributed by atoms with Gasteiger partial charge < -0.3 is 18.9 Å². The minimum absolute atomic E-state index is 0.439. The van der Waals surface area contributed by atoms with Gasteiger partial charge in [0.1, 0.15) is 11.5 Å². The summed E-state index contributed by atoms with van der Waals surface area (Å²) in [4.78, 5) is 12.6. The Morgan fingerprint density at radius 3 is 2.61 bits per heavy atom. The number of esters is 1. The number of methoxy groups -OCH3 is 2. The van der Waals surface area contributed by atoms with Crippen LogP contribution in [0.3, 0.4) is 0 Å². The fraction of sp³-hybridized carbons (Fsp3) is 0.435. The smallest absolute Gasteiger partial charge is 0.339 e. The van der Waals surface area contributed by atoms with E-state index in [-0.39, 0.29) is 0 Å². The van der Waals surface area contributed by atoms with Gasteiger partial charge in [0, 0.05) is 11.1 Å². The van der Waals surface area contributed by atoms with E-state index in [1.807, 2.05) is 51.1 Å². The maximum atomic E-state index is 12.6. The number of fused-ring (bicyclic) bond motifs is 1. The molecule has 5 heteroatoms. The highest BCUT2D eigenvalue weighted by atomic mass is 16.6. The van der Waals surface area contributed by atoms with E-state index in [9.17, 15) is 4.79 Å². The van der Waals surface area contributed by atoms with Crippen LogP contribution in [-0.4, -0.2) is 32.4 Å². The number of aryl methyl sites for hydroxylation is 1. The van der Waals surface area contributed by atoms with Gasteiger partial charge in [-0.2, -0.15) is 0 Å². The van der Waals surface area contributed by atoms with E-state index in [1.165, 1.54) is 7.11 Å². The van der Waals surface area contributed by atoms with Gasteiger partial charge in [0.25, 0.3) is 0 Å². The Hall–Kier alpha value is -2.53. The van der Waals surface area contributed by atoms with E-state index in [0.717, 1.165) is 47.5 Å². The lowest BCUT2D eigenvalue weighted by molar-refractivity contribution is -0.164. The van der Waals surface area contributed by atoms with Crippen molar-refractivity contribution in [3.63, 3.8) is 0 Å². The summed E-state index contributed by atoms with van der Waals surface area (Å²) in [5.74, 6) is 1.16. The van der Waals surface area contributed by atoms with Crippen molar-refractivity contribution < 1.29 is 23.7 Å². The van der Waals surface area contributed by atoms with Crippen LogP contribution in [-0.2, 0) is 20.7 Å². The molecule has 1 heterocycles. The fourth-order valence-electron chi connectivity index (χ4n) is 3.46. The molecule has 0 aliphatic carbocycles. The SMILES string of the molecule is COC(=O)C(OC(C)(C)C)c1cccc(OC)c1-c1ccc2c(c1)CCCO2. The zero-order valence-corrected chi connectivity index (χ0v) is 17.2. The quantitative estimate of drug-likeness (QED) is 0.699. The van der Waals surface area contributed by atoms with Gasteiger partial charge >= 0.3 is 5.97 Å². The Balaban J connectivity index is 2.16. The van der Waals surface area contributed by atoms with Crippen LogP contribution >= 0.6 is 0 Å². The Labute approximate surface area is 166 Å². The van der Waals surface area contributed by atoms with Gasteiger partial charge in [-0.25, -0.2) is 4.79 Å². The molecule has 2 aromatic rings. The lowest BCUT2D eigenvalue weighted by Gasteiger charge is -2.28. The van der Waals surface area contributed by atoms with E-state index < -0.39 is 17.7 Å². The van der Waals surface area contributed by atoms with E-state index in [4.69, 9.17) is 18.9 Å². The molecule has 0 spiro atoms. The molecule has 0 fully saturated rings. The van der Waals surface area contributed by atoms with Crippen molar-refractivity contribution in [2.45, 2.75) is 45.3 Å². The number of rotatable bonds is 5. The normalized spacial score (nSPS) is 14.6. The number of carbonyl (C=O) groups is 1. The second kappa shape index (κ2) is 8.23. The molecular weight excluding hydrogens is 356 g/mol. The van der Waals surface area contributed by atoms with Crippen molar-refractivity contribution in [2.24, 2.45) is 0 Å². The molecule has 5 nitrogen and oxygen atoms in total. The highest BCUT2D eigenvalue weighted by Crippen LogP contribution is 2.41. The number of hydrogen-bond donors (Lipinski definition) is 0. The summed E-state index contributed by atoms with van der Waals surface area (Å²) in [6, 6.07) is 11.7. The van der Waals surface area contributed by atoms with E-state index in [0.29, 0.717) is 5.75 Å². The molecule has 0 bridgehead atoms. The van der Waals surface area contributed by atoms with Gasteiger partial charge in [-0.15, -0.1) is 0 Å². The van der Waals surface area contributed by atoms with E-state index in [2.05, 4.69) is 6.07 Å². The largest absolute Gasteiger partial charge is 0.496 e. The van der Waals surface area contributed by atoms with Crippen LogP contribution in [0.1, 0.15) is 44.4 Å². The number of carbonyl (C=O) groups excluding carboxylic acids is 1. The molecule has 1 aliphatic heterocycles. The minimum Gasteiger partial charge on any atom is -0.496 e. The maximum Gasteiger partial charge on any atom is 0.339 e. The number of hydrogen-bond acceptors (Lipinski definition) is 5. The molecule has 0 amide bonds. The van der Waals surface area contributed by atoms with Crippen LogP contribution in [0.4, 0.5) is 0 Å². The molecular formula is C23H28O5. The van der Waals surface area contributed by atoms with Gasteiger partial charge in [0.2, 0.25) is 0 Å². The Morgan fingerprint density at radius 2 is 1.93 bits per heavy atom. The van der Waals surface area contributed by atoms with E-state index >= 15 is 0 Å². The van der Waals surface area contributed by atoms with Crippen LogP contribution in [0.15, 0.2) is 36.4 Å². The van der Waals surface area contributed by atoms with Crippen molar-refractivity contribution >= 4 is 5.97 Å². The van der Waals surface area contributed by atoms with Gasteiger partial charge in [-0.3, -0.25) is 0 Å². The summed E-state index contributed by atoms with van der Waals surface area (Å²) in [5.41, 5.74) is 3.15. The standard InChI is InChI=1S/C23H28O5/c1-23(2,3)28-21(22(24)26-5)17-9-6-10-19(25-4)20(17)16-11-12-18-15(14-16)8-7-13-27-18/h6,9-12,14,21H,7-8,13H2,1-5H3. The second-order valence-electron chi connectivity index (χ2n) is 7.83. The van der Waals surface area contributed by atoms with Crippen molar-refractivity contribution in [3.8, 4) is 22.6 Å². The fourth-order valence-corrected chi connectivity index (χ4v) is 3.46. The highest BCUT2D eigenvalue weighted by Gasteiger charge is 2.31. The zero-order valence-electron chi connectivity index (χ0n) is 17.2. The monoisotopic (exact) mass is 384 g/mol. The molecule has 0 saturated heterocycles. The average Bonchev–Trinajstić information content (AvgIpc) is 2.69. The molecule has 0 N–H and O–H groups in total. The molecule has 3 rings (SSSR count). The molecule has 0 aromatic heterocycles. The molecule has 2 aromatic carbocycles. The van der Waals surface area contributed by atoms with Crippen molar-refractivity contribution in [1.29, 1.82) is 0 Å². The molecule has 1 atom stereocenters. The summed E-state index contributed by atoms with van der Waals surface area (Å²) in [5, 5.41) is 0. The van der Waals surface area contributed by atoms with Crippen LogP contribution in [0.5, 0.6) is 11.5 Å². The van der Waals surface area contributed by atoms with Gasteiger partial charge in [-0.05, 0) is 62.9 Å². The third kappa shape index (κ3) is 4.30. The molecule has 1 unspecified atom stereocenters. The van der Waals surface area contributed by atoms with Gasteiger partial charge in [0.05, 0.1) is 26.4 Å². The van der Waals surface area contributed by atoms with Crippen LogP contribution < -0.4 is 9.47 Å². The van der Waals surface area contributed by atoms with Gasteiger partial charge in [-0.1, -0.05) is 18.2 Å². The molecule has 0 saturated carbocycles. The first kappa shape index (κ1) is 20.2. The number of ether oxygens (including phenoxy) is 4. The lowest BCUT2D eigenvalue weighted by atomic mass is 9.92. The average molecular weight is 384 g/mol. The maximum absolute atomic E-state index is 12.6. The minimum atomic E-state index is -0.859. The first-order valence-electron chi connectivity index (χ1n) is 9.52. The highest BCUT2D eigenvalue weighted by molar-refractivity contribution is 5.84. The zero-order chi connectivity index (χ0) is 20.3. The first-order valence-corrected chi connectivity index (χ1v) is 9.52. The molecule has 150 valence electrons. The topological polar surface area (TPSA) is 54.0 Å². The van der Waals surface area contributed by atoms with E-state index in [1.54, 1.807) is 7.11 Å². The molecule has 28 heavy (non-hydrogen) atoms. The summed E-state index contributed by atoms with van der Waals surface area (Å²) in [6.07, 6.45) is 1.10. The van der Waals surface area contributed by atoms with Crippen LogP contribution in [0, 0.1) is 0 Å². The Morgan fingerprint density at radius 1 is 1.14 bits per heavy atom. The van der Waals surface area contributed by atoms with Gasteiger partial charge in [0.15, 0.2) is 6.10 Å². The molecule has 0 radical (unpaired) electrons. The first-order chi connectivity index (χ1) is 13.3. The number of benzene rings is 2. The van der Waals surface area contributed by atoms with Crippen molar-refractivity contribution in [1.82, 2.24) is 0 Å². The third-order valence-electron chi connectivity index (χ3n) is 4.64. The van der Waals surface area contributed by atoms with Crippen molar-refractivity contribution in [3.05, 3.63) is 47.5 Å².